The maximum Gasteiger partial charge on any atom is 0.182 e. The molecule has 4 nitrogen and oxygen atoms in total. The van der Waals surface area contributed by atoms with Crippen LogP contribution in [-0.4, -0.2) is 28.8 Å². The van der Waals surface area contributed by atoms with Gasteiger partial charge < -0.3 is 5.32 Å². The maximum atomic E-state index is 4.12. The van der Waals surface area contributed by atoms with Crippen molar-refractivity contribution >= 4 is 11.0 Å². The lowest BCUT2D eigenvalue weighted by Crippen LogP contribution is -2.05. The lowest BCUT2D eigenvalue weighted by Gasteiger charge is -1.88. The molecule has 0 bridgehead atoms. The Balaban J connectivity index is 2.23. The lowest BCUT2D eigenvalue weighted by molar-refractivity contribution is 0.818. The van der Waals surface area contributed by atoms with Gasteiger partial charge >= 0.3 is 0 Å². The fourth-order valence-electron chi connectivity index (χ4n) is 1.28. The number of rotatable bonds is 2. The summed E-state index contributed by atoms with van der Waals surface area (Å²) in [7, 11) is 1.91. The van der Waals surface area contributed by atoms with E-state index in [-0.39, 0.29) is 0 Å². The molecule has 0 atom stereocenters. The van der Waals surface area contributed by atoms with Crippen molar-refractivity contribution in [2.24, 2.45) is 0 Å². The Morgan fingerprint density at radius 3 is 3.33 bits per heavy atom. The predicted molar refractivity (Wildman–Crippen MR) is 59.3 cm³/mol. The number of fused-ring (bicyclic) bond motifs is 1. The Labute approximate surface area is 88.1 Å². The van der Waals surface area contributed by atoms with Gasteiger partial charge in [0.1, 0.15) is 5.69 Å². The monoisotopic (exact) mass is 200 g/mol. The summed E-state index contributed by atoms with van der Waals surface area (Å²) in [6.07, 6.45) is 2.55. The van der Waals surface area contributed by atoms with Gasteiger partial charge in [-0.3, -0.25) is 5.10 Å². The Morgan fingerprint density at radius 1 is 1.53 bits per heavy atom. The molecule has 0 saturated heterocycles. The normalized spacial score (nSPS) is 9.93. The number of aromatic amines is 1. The van der Waals surface area contributed by atoms with Gasteiger partial charge in [0.2, 0.25) is 0 Å². The van der Waals surface area contributed by atoms with Crippen LogP contribution in [0.2, 0.25) is 0 Å². The van der Waals surface area contributed by atoms with Crippen molar-refractivity contribution in [3.05, 3.63) is 24.0 Å². The molecule has 0 aliphatic rings. The molecule has 0 radical (unpaired) electrons. The van der Waals surface area contributed by atoms with E-state index in [2.05, 4.69) is 32.3 Å². The van der Waals surface area contributed by atoms with Crippen LogP contribution in [0, 0.1) is 11.8 Å². The maximum absolute atomic E-state index is 4.12. The van der Waals surface area contributed by atoms with Crippen LogP contribution in [0.15, 0.2) is 18.3 Å². The summed E-state index contributed by atoms with van der Waals surface area (Å²) in [6, 6.07) is 3.85. The molecule has 0 aromatic carbocycles. The van der Waals surface area contributed by atoms with Crippen LogP contribution in [0.3, 0.4) is 0 Å². The highest BCUT2D eigenvalue weighted by atomic mass is 15.1. The summed E-state index contributed by atoms with van der Waals surface area (Å²) in [6.45, 7) is 0.900. The third-order valence-corrected chi connectivity index (χ3v) is 2.04. The Hall–Kier alpha value is -1.86. The number of nitrogens with zero attached hydrogens (tertiary/aromatic N) is 2. The van der Waals surface area contributed by atoms with Gasteiger partial charge in [-0.05, 0) is 25.1 Å². The molecule has 2 N–H and O–H groups in total. The molecular weight excluding hydrogens is 188 g/mol. The molecular formula is C11H12N4. The zero-order valence-corrected chi connectivity index (χ0v) is 8.54. The first kappa shape index (κ1) is 9.69. The van der Waals surface area contributed by atoms with Crippen molar-refractivity contribution in [2.75, 3.05) is 13.6 Å². The zero-order chi connectivity index (χ0) is 10.5. The highest BCUT2D eigenvalue weighted by Gasteiger charge is 2.01. The van der Waals surface area contributed by atoms with Gasteiger partial charge in [0, 0.05) is 19.2 Å². The fraction of sp³-hybridized carbons (Fsp3) is 0.273. The standard InChI is InChI=1S/C11H12N4/c1-12-7-3-2-6-10-9-5-4-8-13-11(9)15-14-10/h4-5,8,12H,3,7H2,1H3,(H,13,14,15). The largest absolute Gasteiger partial charge is 0.319 e. The highest BCUT2D eigenvalue weighted by Crippen LogP contribution is 2.10. The number of H-pyrrole nitrogens is 1. The number of hydrogen-bond acceptors (Lipinski definition) is 3. The van der Waals surface area contributed by atoms with E-state index in [1.165, 1.54) is 0 Å². The van der Waals surface area contributed by atoms with Gasteiger partial charge in [0.15, 0.2) is 5.65 Å². The van der Waals surface area contributed by atoms with Crippen molar-refractivity contribution in [1.82, 2.24) is 20.5 Å². The molecule has 0 fully saturated rings. The van der Waals surface area contributed by atoms with Crippen molar-refractivity contribution < 1.29 is 0 Å². The minimum Gasteiger partial charge on any atom is -0.319 e. The number of hydrogen-bond donors (Lipinski definition) is 2. The van der Waals surface area contributed by atoms with Crippen LogP contribution < -0.4 is 5.32 Å². The predicted octanol–water partition coefficient (Wildman–Crippen LogP) is 0.919. The second kappa shape index (κ2) is 4.58. The van der Waals surface area contributed by atoms with E-state index < -0.39 is 0 Å². The van der Waals surface area contributed by atoms with Crippen molar-refractivity contribution in [1.29, 1.82) is 0 Å². The highest BCUT2D eigenvalue weighted by molar-refractivity contribution is 5.80. The second-order valence-electron chi connectivity index (χ2n) is 3.13. The molecule has 0 amide bonds. The molecule has 15 heavy (non-hydrogen) atoms. The average Bonchev–Trinajstić information content (AvgIpc) is 2.68. The van der Waals surface area contributed by atoms with E-state index in [1.807, 2.05) is 19.2 Å². The van der Waals surface area contributed by atoms with Crippen molar-refractivity contribution in [3.8, 4) is 11.8 Å². The van der Waals surface area contributed by atoms with E-state index in [0.29, 0.717) is 0 Å². The van der Waals surface area contributed by atoms with Crippen molar-refractivity contribution in [2.45, 2.75) is 6.42 Å². The van der Waals surface area contributed by atoms with Crippen LogP contribution in [0.1, 0.15) is 12.1 Å². The number of nitrogens with one attached hydrogen (secondary N) is 2. The second-order valence-corrected chi connectivity index (χ2v) is 3.13. The summed E-state index contributed by atoms with van der Waals surface area (Å²) in [4.78, 5) is 4.12. The van der Waals surface area contributed by atoms with Gasteiger partial charge in [0.25, 0.3) is 0 Å². The smallest absolute Gasteiger partial charge is 0.182 e. The van der Waals surface area contributed by atoms with Gasteiger partial charge in [-0.2, -0.15) is 5.10 Å². The molecule has 2 heterocycles. The first-order valence-corrected chi connectivity index (χ1v) is 4.84. The van der Waals surface area contributed by atoms with E-state index in [0.717, 1.165) is 29.7 Å². The Morgan fingerprint density at radius 2 is 2.47 bits per heavy atom. The quantitative estimate of drug-likeness (QED) is 0.560. The molecule has 76 valence electrons. The van der Waals surface area contributed by atoms with E-state index in [1.54, 1.807) is 6.20 Å². The Kier molecular flexibility index (Phi) is 2.96. The SMILES string of the molecule is CNCCC#Cc1[nH]nc2ncccc12. The van der Waals surface area contributed by atoms with Crippen LogP contribution in [0.4, 0.5) is 0 Å². The van der Waals surface area contributed by atoms with Gasteiger partial charge in [-0.15, -0.1) is 0 Å². The lowest BCUT2D eigenvalue weighted by atomic mass is 10.2. The van der Waals surface area contributed by atoms with Crippen LogP contribution in [-0.2, 0) is 0 Å². The molecule has 4 heteroatoms. The number of pyridine rings is 1. The molecule has 0 unspecified atom stereocenters. The van der Waals surface area contributed by atoms with Gasteiger partial charge in [-0.1, -0.05) is 5.92 Å². The molecule has 0 aliphatic carbocycles. The third kappa shape index (κ3) is 2.14. The summed E-state index contributed by atoms with van der Waals surface area (Å²) < 4.78 is 0. The summed E-state index contributed by atoms with van der Waals surface area (Å²) in [5.41, 5.74) is 1.56. The molecule has 2 aromatic rings. The summed E-state index contributed by atoms with van der Waals surface area (Å²) in [5.74, 6) is 6.12. The van der Waals surface area contributed by atoms with Crippen LogP contribution >= 0.6 is 0 Å². The minimum absolute atomic E-state index is 0.718. The topological polar surface area (TPSA) is 53.6 Å². The first-order chi connectivity index (χ1) is 7.42. The zero-order valence-electron chi connectivity index (χ0n) is 8.54. The third-order valence-electron chi connectivity index (χ3n) is 2.04. The molecule has 0 saturated carbocycles. The van der Waals surface area contributed by atoms with E-state index >= 15 is 0 Å². The summed E-state index contributed by atoms with van der Waals surface area (Å²) >= 11 is 0. The summed E-state index contributed by atoms with van der Waals surface area (Å²) in [5, 5.41) is 11.0. The molecule has 0 spiro atoms. The van der Waals surface area contributed by atoms with Crippen molar-refractivity contribution in [3.63, 3.8) is 0 Å². The van der Waals surface area contributed by atoms with Gasteiger partial charge in [-0.25, -0.2) is 4.98 Å². The molecule has 2 rings (SSSR count). The number of aromatic nitrogens is 3. The first-order valence-electron chi connectivity index (χ1n) is 4.84. The molecule has 0 aliphatic heterocycles. The Bertz CT molecular complexity index is 504. The fourth-order valence-corrected chi connectivity index (χ4v) is 1.28. The minimum atomic E-state index is 0.718. The van der Waals surface area contributed by atoms with Crippen LogP contribution in [0.5, 0.6) is 0 Å². The average molecular weight is 200 g/mol. The van der Waals surface area contributed by atoms with Gasteiger partial charge in [0.05, 0.1) is 5.39 Å². The van der Waals surface area contributed by atoms with E-state index in [4.69, 9.17) is 0 Å². The molecule has 2 aromatic heterocycles. The van der Waals surface area contributed by atoms with Crippen LogP contribution in [0.25, 0.3) is 11.0 Å². The van der Waals surface area contributed by atoms with E-state index in [9.17, 15) is 0 Å².